The monoisotopic (exact) mass is 371 g/mol. The first-order valence-electron chi connectivity index (χ1n) is 8.62. The Kier molecular flexibility index (Phi) is 5.78. The highest BCUT2D eigenvalue weighted by Crippen LogP contribution is 2.20. The number of fused-ring (bicyclic) bond motifs is 1. The number of nitrogens with zero attached hydrogens (tertiary/aromatic N) is 2. The van der Waals surface area contributed by atoms with E-state index >= 15 is 0 Å². The summed E-state index contributed by atoms with van der Waals surface area (Å²) in [4.78, 5) is 11.9. The molecule has 26 heavy (non-hydrogen) atoms. The standard InChI is InChI=1S/C20H22ClN3O2/c1-14-20(21)15(2)24(23-14)11-5-10-22-19(25)13-26-18-9-8-16-6-3-4-7-17(16)12-18/h3-4,6-9,12H,5,10-11,13H2,1-2H3,(H,22,25). The first kappa shape index (κ1) is 18.3. The summed E-state index contributed by atoms with van der Waals surface area (Å²) >= 11 is 6.13. The van der Waals surface area contributed by atoms with E-state index in [1.807, 2.05) is 61.0 Å². The highest BCUT2D eigenvalue weighted by Gasteiger charge is 2.09. The molecule has 0 unspecified atom stereocenters. The van der Waals surface area contributed by atoms with E-state index in [1.165, 1.54) is 0 Å². The molecule has 5 nitrogen and oxygen atoms in total. The Hall–Kier alpha value is -2.53. The van der Waals surface area contributed by atoms with Gasteiger partial charge in [-0.1, -0.05) is 41.9 Å². The smallest absolute Gasteiger partial charge is 0.257 e. The Morgan fingerprint density at radius 2 is 1.96 bits per heavy atom. The van der Waals surface area contributed by atoms with Crippen LogP contribution in [-0.2, 0) is 11.3 Å². The van der Waals surface area contributed by atoms with Crippen LogP contribution in [0.3, 0.4) is 0 Å². The first-order valence-corrected chi connectivity index (χ1v) is 9.00. The van der Waals surface area contributed by atoms with Crippen LogP contribution in [0.2, 0.25) is 5.02 Å². The molecule has 2 aromatic carbocycles. The molecule has 0 radical (unpaired) electrons. The maximum absolute atomic E-state index is 11.9. The summed E-state index contributed by atoms with van der Waals surface area (Å²) in [5, 5.41) is 10.2. The van der Waals surface area contributed by atoms with Crippen LogP contribution in [0.1, 0.15) is 17.8 Å². The molecule has 1 N–H and O–H groups in total. The molecular formula is C20H22ClN3O2. The number of aryl methyl sites for hydroxylation is 2. The Labute approximate surface area is 157 Å². The van der Waals surface area contributed by atoms with Crippen molar-refractivity contribution in [2.75, 3.05) is 13.2 Å². The molecule has 0 fully saturated rings. The van der Waals surface area contributed by atoms with E-state index < -0.39 is 0 Å². The minimum atomic E-state index is -0.135. The molecular weight excluding hydrogens is 350 g/mol. The fourth-order valence-corrected chi connectivity index (χ4v) is 2.94. The second-order valence-electron chi connectivity index (χ2n) is 6.21. The van der Waals surface area contributed by atoms with E-state index in [-0.39, 0.29) is 12.5 Å². The minimum Gasteiger partial charge on any atom is -0.484 e. The van der Waals surface area contributed by atoms with Crippen LogP contribution in [0.4, 0.5) is 0 Å². The maximum atomic E-state index is 11.9. The molecule has 1 aromatic heterocycles. The molecule has 1 amide bonds. The SMILES string of the molecule is Cc1nn(CCCNC(=O)COc2ccc3ccccc3c2)c(C)c1Cl. The van der Waals surface area contributed by atoms with Crippen LogP contribution in [0.25, 0.3) is 10.8 Å². The summed E-state index contributed by atoms with van der Waals surface area (Å²) in [6.07, 6.45) is 0.778. The highest BCUT2D eigenvalue weighted by atomic mass is 35.5. The molecule has 0 bridgehead atoms. The topological polar surface area (TPSA) is 56.2 Å². The number of amides is 1. The van der Waals surface area contributed by atoms with Gasteiger partial charge in [-0.2, -0.15) is 5.10 Å². The zero-order valence-electron chi connectivity index (χ0n) is 15.0. The number of carbonyl (C=O) groups is 1. The second-order valence-corrected chi connectivity index (χ2v) is 6.59. The average Bonchev–Trinajstić information content (AvgIpc) is 2.90. The predicted molar refractivity (Wildman–Crippen MR) is 104 cm³/mol. The molecule has 0 spiro atoms. The summed E-state index contributed by atoms with van der Waals surface area (Å²) < 4.78 is 7.45. The van der Waals surface area contributed by atoms with Crippen molar-refractivity contribution in [2.45, 2.75) is 26.8 Å². The third-order valence-electron chi connectivity index (χ3n) is 4.25. The number of ether oxygens (including phenoxy) is 1. The largest absolute Gasteiger partial charge is 0.484 e. The molecule has 0 aliphatic rings. The molecule has 0 aliphatic heterocycles. The van der Waals surface area contributed by atoms with E-state index in [4.69, 9.17) is 16.3 Å². The van der Waals surface area contributed by atoms with Gasteiger partial charge in [0, 0.05) is 13.1 Å². The third-order valence-corrected chi connectivity index (χ3v) is 4.80. The predicted octanol–water partition coefficient (Wildman–Crippen LogP) is 3.89. The molecule has 3 rings (SSSR count). The van der Waals surface area contributed by atoms with Gasteiger partial charge in [-0.25, -0.2) is 0 Å². The van der Waals surface area contributed by atoms with Crippen molar-refractivity contribution >= 4 is 28.3 Å². The Bertz CT molecular complexity index is 921. The lowest BCUT2D eigenvalue weighted by molar-refractivity contribution is -0.123. The van der Waals surface area contributed by atoms with E-state index in [2.05, 4.69) is 10.4 Å². The number of aromatic nitrogens is 2. The van der Waals surface area contributed by atoms with Gasteiger partial charge in [0.2, 0.25) is 0 Å². The molecule has 1 heterocycles. The number of rotatable bonds is 7. The van der Waals surface area contributed by atoms with Gasteiger partial charge in [0.05, 0.1) is 16.4 Å². The van der Waals surface area contributed by atoms with E-state index in [9.17, 15) is 4.79 Å². The lowest BCUT2D eigenvalue weighted by Gasteiger charge is -2.09. The number of hydrogen-bond donors (Lipinski definition) is 1. The average molecular weight is 372 g/mol. The quantitative estimate of drug-likeness (QED) is 0.641. The van der Waals surface area contributed by atoms with Crippen molar-refractivity contribution < 1.29 is 9.53 Å². The van der Waals surface area contributed by atoms with Gasteiger partial charge in [-0.05, 0) is 43.2 Å². The molecule has 3 aromatic rings. The van der Waals surface area contributed by atoms with Gasteiger partial charge in [0.15, 0.2) is 6.61 Å². The number of nitrogens with one attached hydrogen (secondary N) is 1. The van der Waals surface area contributed by atoms with E-state index in [1.54, 1.807) is 0 Å². The van der Waals surface area contributed by atoms with Crippen LogP contribution in [-0.4, -0.2) is 28.8 Å². The molecule has 0 aliphatic carbocycles. The fourth-order valence-electron chi connectivity index (χ4n) is 2.81. The molecule has 6 heteroatoms. The number of hydrogen-bond acceptors (Lipinski definition) is 3. The number of carbonyl (C=O) groups excluding carboxylic acids is 1. The summed E-state index contributed by atoms with van der Waals surface area (Å²) in [5.74, 6) is 0.556. The van der Waals surface area contributed by atoms with Gasteiger partial charge in [-0.3, -0.25) is 9.48 Å². The Morgan fingerprint density at radius 3 is 2.69 bits per heavy atom. The van der Waals surface area contributed by atoms with Gasteiger partial charge >= 0.3 is 0 Å². The van der Waals surface area contributed by atoms with Crippen molar-refractivity contribution in [3.63, 3.8) is 0 Å². The van der Waals surface area contributed by atoms with Crippen molar-refractivity contribution in [3.8, 4) is 5.75 Å². The maximum Gasteiger partial charge on any atom is 0.257 e. The number of halogens is 1. The Morgan fingerprint density at radius 1 is 1.19 bits per heavy atom. The van der Waals surface area contributed by atoms with Crippen LogP contribution in [0, 0.1) is 13.8 Å². The highest BCUT2D eigenvalue weighted by molar-refractivity contribution is 6.31. The third kappa shape index (κ3) is 4.35. The van der Waals surface area contributed by atoms with Crippen LogP contribution < -0.4 is 10.1 Å². The van der Waals surface area contributed by atoms with E-state index in [0.29, 0.717) is 23.9 Å². The van der Waals surface area contributed by atoms with Crippen molar-refractivity contribution in [3.05, 3.63) is 58.9 Å². The van der Waals surface area contributed by atoms with Crippen molar-refractivity contribution in [1.29, 1.82) is 0 Å². The van der Waals surface area contributed by atoms with Gasteiger partial charge in [-0.15, -0.1) is 0 Å². The molecule has 136 valence electrons. The Balaban J connectivity index is 1.41. The van der Waals surface area contributed by atoms with Crippen molar-refractivity contribution in [2.24, 2.45) is 0 Å². The summed E-state index contributed by atoms with van der Waals surface area (Å²) in [6.45, 7) is 5.11. The van der Waals surface area contributed by atoms with Crippen LogP contribution >= 0.6 is 11.6 Å². The fraction of sp³-hybridized carbons (Fsp3) is 0.300. The normalized spacial score (nSPS) is 10.9. The molecule has 0 saturated carbocycles. The van der Waals surface area contributed by atoms with Crippen LogP contribution in [0.15, 0.2) is 42.5 Å². The van der Waals surface area contributed by atoms with Crippen LogP contribution in [0.5, 0.6) is 5.75 Å². The summed E-state index contributed by atoms with van der Waals surface area (Å²) in [7, 11) is 0. The minimum absolute atomic E-state index is 0.00404. The zero-order chi connectivity index (χ0) is 18.5. The first-order chi connectivity index (χ1) is 12.5. The number of benzene rings is 2. The van der Waals surface area contributed by atoms with E-state index in [0.717, 1.165) is 28.6 Å². The lowest BCUT2D eigenvalue weighted by Crippen LogP contribution is -2.30. The van der Waals surface area contributed by atoms with Crippen molar-refractivity contribution in [1.82, 2.24) is 15.1 Å². The lowest BCUT2D eigenvalue weighted by atomic mass is 10.1. The van der Waals surface area contributed by atoms with Gasteiger partial charge in [0.25, 0.3) is 5.91 Å². The van der Waals surface area contributed by atoms with Gasteiger partial charge < -0.3 is 10.1 Å². The van der Waals surface area contributed by atoms with Gasteiger partial charge in [0.1, 0.15) is 5.75 Å². The molecule has 0 saturated heterocycles. The molecule has 0 atom stereocenters. The summed E-state index contributed by atoms with van der Waals surface area (Å²) in [6, 6.07) is 13.8. The second kappa shape index (κ2) is 8.23. The zero-order valence-corrected chi connectivity index (χ0v) is 15.7. The summed E-state index contributed by atoms with van der Waals surface area (Å²) in [5.41, 5.74) is 1.78.